The summed E-state index contributed by atoms with van der Waals surface area (Å²) in [5, 5.41) is 0. The van der Waals surface area contributed by atoms with Gasteiger partial charge in [-0.05, 0) is 28.3 Å². The van der Waals surface area contributed by atoms with Crippen LogP contribution in [0.1, 0.15) is 16.7 Å². The van der Waals surface area contributed by atoms with Gasteiger partial charge >= 0.3 is 0 Å². The van der Waals surface area contributed by atoms with Crippen LogP contribution in [0.2, 0.25) is 0 Å². The molecule has 1 aliphatic carbocycles. The molecule has 4 aromatic rings. The van der Waals surface area contributed by atoms with Gasteiger partial charge in [-0.3, -0.25) is 0 Å². The zero-order valence-electron chi connectivity index (χ0n) is 13.4. The van der Waals surface area contributed by atoms with Gasteiger partial charge in [0, 0.05) is 18.0 Å². The Kier molecular flexibility index (Phi) is 2.92. The van der Waals surface area contributed by atoms with E-state index >= 15 is 4.39 Å². The average molecular weight is 326 g/mol. The van der Waals surface area contributed by atoms with E-state index in [0.29, 0.717) is 5.56 Å². The lowest BCUT2D eigenvalue weighted by Gasteiger charge is -2.34. The largest absolute Gasteiger partial charge is 0.319 e. The van der Waals surface area contributed by atoms with Crippen LogP contribution < -0.4 is 0 Å². The molecule has 1 aromatic heterocycles. The van der Waals surface area contributed by atoms with Crippen molar-refractivity contribution in [3.05, 3.63) is 114 Å². The molecule has 0 amide bonds. The number of fused-ring (bicyclic) bond motifs is 3. The molecular formula is C22H15FN2. The molecule has 0 radical (unpaired) electrons. The van der Waals surface area contributed by atoms with Gasteiger partial charge in [0.2, 0.25) is 0 Å². The van der Waals surface area contributed by atoms with E-state index < -0.39 is 5.54 Å². The normalized spacial score (nSPS) is 14.1. The third kappa shape index (κ3) is 1.75. The van der Waals surface area contributed by atoms with Crippen LogP contribution in [-0.2, 0) is 5.54 Å². The fourth-order valence-electron chi connectivity index (χ4n) is 4.13. The molecule has 2 nitrogen and oxygen atoms in total. The molecule has 0 saturated heterocycles. The first-order chi connectivity index (χ1) is 12.3. The summed E-state index contributed by atoms with van der Waals surface area (Å²) < 4.78 is 17.0. The third-order valence-corrected chi connectivity index (χ3v) is 5.08. The van der Waals surface area contributed by atoms with Crippen molar-refractivity contribution in [2.24, 2.45) is 0 Å². The van der Waals surface area contributed by atoms with Crippen LogP contribution in [0.3, 0.4) is 0 Å². The van der Waals surface area contributed by atoms with Crippen LogP contribution in [-0.4, -0.2) is 9.55 Å². The summed E-state index contributed by atoms with van der Waals surface area (Å²) in [4.78, 5) is 4.25. The van der Waals surface area contributed by atoms with Crippen LogP contribution in [0.4, 0.5) is 4.39 Å². The number of hydrogen-bond donors (Lipinski definition) is 0. The van der Waals surface area contributed by atoms with E-state index in [1.54, 1.807) is 18.6 Å². The van der Waals surface area contributed by atoms with E-state index in [1.165, 1.54) is 6.07 Å². The van der Waals surface area contributed by atoms with E-state index in [1.807, 2.05) is 47.2 Å². The maximum atomic E-state index is 15.0. The summed E-state index contributed by atoms with van der Waals surface area (Å²) in [5.74, 6) is -0.220. The Hall–Kier alpha value is -3.20. The summed E-state index contributed by atoms with van der Waals surface area (Å²) in [6.07, 6.45) is 5.42. The van der Waals surface area contributed by atoms with Crippen LogP contribution >= 0.6 is 0 Å². The topological polar surface area (TPSA) is 17.8 Å². The fraction of sp³-hybridized carbons (Fsp3) is 0.0455. The van der Waals surface area contributed by atoms with E-state index in [2.05, 4.69) is 29.2 Å². The molecular weight excluding hydrogens is 311 g/mol. The van der Waals surface area contributed by atoms with Gasteiger partial charge in [-0.15, -0.1) is 0 Å². The number of hydrogen-bond acceptors (Lipinski definition) is 1. The van der Waals surface area contributed by atoms with Gasteiger partial charge < -0.3 is 4.57 Å². The second-order valence-electron chi connectivity index (χ2n) is 6.25. The molecule has 3 aromatic carbocycles. The van der Waals surface area contributed by atoms with Gasteiger partial charge in [-0.25, -0.2) is 9.37 Å². The van der Waals surface area contributed by atoms with Crippen LogP contribution in [0, 0.1) is 5.82 Å². The van der Waals surface area contributed by atoms with Crippen molar-refractivity contribution in [2.45, 2.75) is 5.54 Å². The number of halogens is 1. The SMILES string of the molecule is Fc1ccccc1C1(n2ccnc2)c2ccccc2-c2ccccc21. The Labute approximate surface area is 145 Å². The monoisotopic (exact) mass is 326 g/mol. The lowest BCUT2D eigenvalue weighted by atomic mass is 9.80. The van der Waals surface area contributed by atoms with Crippen molar-refractivity contribution in [3.63, 3.8) is 0 Å². The Balaban J connectivity index is 2.00. The first-order valence-electron chi connectivity index (χ1n) is 8.26. The predicted octanol–water partition coefficient (Wildman–Crippen LogP) is 4.84. The second-order valence-corrected chi connectivity index (χ2v) is 6.25. The zero-order chi connectivity index (χ0) is 16.9. The highest BCUT2D eigenvalue weighted by Crippen LogP contribution is 2.53. The van der Waals surface area contributed by atoms with Crippen LogP contribution in [0.15, 0.2) is 91.5 Å². The standard InChI is InChI=1S/C22H15FN2/c23-21-12-6-5-11-20(21)22(25-14-13-24-15-25)18-9-3-1-7-16(18)17-8-2-4-10-19(17)22/h1-15H. The Morgan fingerprint density at radius 2 is 1.28 bits per heavy atom. The molecule has 0 unspecified atom stereocenters. The third-order valence-electron chi connectivity index (χ3n) is 5.08. The summed E-state index contributed by atoms with van der Waals surface area (Å²) in [6, 6.07) is 23.5. The van der Waals surface area contributed by atoms with E-state index in [-0.39, 0.29) is 5.82 Å². The van der Waals surface area contributed by atoms with E-state index in [9.17, 15) is 0 Å². The summed E-state index contributed by atoms with van der Waals surface area (Å²) in [5.41, 5.74) is 4.28. The highest BCUT2D eigenvalue weighted by atomic mass is 19.1. The number of rotatable bonds is 2. The van der Waals surface area contributed by atoms with Crippen molar-refractivity contribution >= 4 is 0 Å². The quantitative estimate of drug-likeness (QED) is 0.454. The summed E-state index contributed by atoms with van der Waals surface area (Å²) >= 11 is 0. The molecule has 120 valence electrons. The minimum Gasteiger partial charge on any atom is -0.319 e. The molecule has 1 heterocycles. The van der Waals surface area contributed by atoms with E-state index in [4.69, 9.17) is 0 Å². The lowest BCUT2D eigenvalue weighted by Crippen LogP contribution is -2.35. The van der Waals surface area contributed by atoms with Crippen molar-refractivity contribution < 1.29 is 4.39 Å². The average Bonchev–Trinajstić information content (AvgIpc) is 3.28. The molecule has 0 atom stereocenters. The molecule has 1 aliphatic rings. The smallest absolute Gasteiger partial charge is 0.129 e. The number of aromatic nitrogens is 2. The minimum atomic E-state index is -0.755. The molecule has 0 aliphatic heterocycles. The zero-order valence-corrected chi connectivity index (χ0v) is 13.4. The molecule has 3 heteroatoms. The van der Waals surface area contributed by atoms with Gasteiger partial charge in [0.05, 0.1) is 6.33 Å². The maximum Gasteiger partial charge on any atom is 0.129 e. The van der Waals surface area contributed by atoms with Gasteiger partial charge in [0.25, 0.3) is 0 Å². The van der Waals surface area contributed by atoms with Crippen molar-refractivity contribution in [2.75, 3.05) is 0 Å². The van der Waals surface area contributed by atoms with Crippen molar-refractivity contribution in [1.29, 1.82) is 0 Å². The molecule has 0 N–H and O–H groups in total. The van der Waals surface area contributed by atoms with Crippen molar-refractivity contribution in [3.8, 4) is 11.1 Å². The predicted molar refractivity (Wildman–Crippen MR) is 95.8 cm³/mol. The molecule has 0 fully saturated rings. The molecule has 5 rings (SSSR count). The van der Waals surface area contributed by atoms with E-state index in [0.717, 1.165) is 22.3 Å². The van der Waals surface area contributed by atoms with Gasteiger partial charge in [0.1, 0.15) is 11.4 Å². The van der Waals surface area contributed by atoms with Crippen LogP contribution in [0.25, 0.3) is 11.1 Å². The molecule has 25 heavy (non-hydrogen) atoms. The second kappa shape index (κ2) is 5.15. The van der Waals surface area contributed by atoms with Gasteiger partial charge in [0.15, 0.2) is 0 Å². The Morgan fingerprint density at radius 1 is 0.720 bits per heavy atom. The van der Waals surface area contributed by atoms with Gasteiger partial charge in [-0.2, -0.15) is 0 Å². The Bertz CT molecular complexity index is 1020. The summed E-state index contributed by atoms with van der Waals surface area (Å²) in [6.45, 7) is 0. The Morgan fingerprint density at radius 3 is 1.84 bits per heavy atom. The molecule has 0 bridgehead atoms. The van der Waals surface area contributed by atoms with Crippen molar-refractivity contribution in [1.82, 2.24) is 9.55 Å². The molecule has 0 spiro atoms. The highest BCUT2D eigenvalue weighted by molar-refractivity contribution is 5.83. The number of benzene rings is 3. The number of nitrogens with zero attached hydrogens (tertiary/aromatic N) is 2. The van der Waals surface area contributed by atoms with Gasteiger partial charge in [-0.1, -0.05) is 66.7 Å². The first kappa shape index (κ1) is 14.2. The fourth-order valence-corrected chi connectivity index (χ4v) is 4.13. The number of imidazole rings is 1. The maximum absolute atomic E-state index is 15.0. The molecule has 0 saturated carbocycles. The summed E-state index contributed by atoms with van der Waals surface area (Å²) in [7, 11) is 0. The minimum absolute atomic E-state index is 0.220. The lowest BCUT2D eigenvalue weighted by molar-refractivity contribution is 0.487. The first-order valence-corrected chi connectivity index (χ1v) is 8.26. The van der Waals surface area contributed by atoms with Crippen LogP contribution in [0.5, 0.6) is 0 Å². The highest BCUT2D eigenvalue weighted by Gasteiger charge is 2.47.